The van der Waals surface area contributed by atoms with Gasteiger partial charge in [0.25, 0.3) is 0 Å². The third-order valence-electron chi connectivity index (χ3n) is 7.69. The largest absolute Gasteiger partial charge is 3.00 e. The topological polar surface area (TPSA) is 0 Å². The van der Waals surface area contributed by atoms with Crippen molar-refractivity contribution in [3.63, 3.8) is 0 Å². The Labute approximate surface area is 227 Å². The molecular formula is C28H33Cl2SiZr. The fraction of sp³-hybridized carbons (Fsp3) is 0.393. The molecule has 167 valence electrons. The van der Waals surface area contributed by atoms with Crippen LogP contribution in [0.25, 0.3) is 11.3 Å². The Morgan fingerprint density at radius 1 is 0.875 bits per heavy atom. The molecule has 2 aliphatic carbocycles. The Morgan fingerprint density at radius 3 is 2.31 bits per heavy atom. The van der Waals surface area contributed by atoms with Crippen LogP contribution in [0, 0.1) is 5.92 Å². The van der Waals surface area contributed by atoms with Crippen LogP contribution in [0.4, 0.5) is 0 Å². The number of hydrogen-bond donors (Lipinski definition) is 0. The van der Waals surface area contributed by atoms with Crippen LogP contribution < -0.4 is 24.8 Å². The fourth-order valence-electron chi connectivity index (χ4n) is 6.05. The quantitative estimate of drug-likeness (QED) is 0.343. The van der Waals surface area contributed by atoms with Gasteiger partial charge in [-0.2, -0.15) is 19.3 Å². The van der Waals surface area contributed by atoms with Crippen molar-refractivity contribution in [1.29, 1.82) is 0 Å². The number of benzene rings is 2. The summed E-state index contributed by atoms with van der Waals surface area (Å²) in [4.78, 5) is 0. The molecule has 0 fully saturated rings. The predicted octanol–water partition coefficient (Wildman–Crippen LogP) is 2.09. The van der Waals surface area contributed by atoms with Gasteiger partial charge in [-0.1, -0.05) is 104 Å². The van der Waals surface area contributed by atoms with E-state index < -0.39 is 8.07 Å². The Hall–Kier alpha value is -0.400. The van der Waals surface area contributed by atoms with Gasteiger partial charge < -0.3 is 30.7 Å². The van der Waals surface area contributed by atoms with Crippen molar-refractivity contribution < 1.29 is 51.0 Å². The van der Waals surface area contributed by atoms with E-state index in [0.29, 0.717) is 5.92 Å². The van der Waals surface area contributed by atoms with Crippen molar-refractivity contribution in [2.75, 3.05) is 0 Å². The molecule has 32 heavy (non-hydrogen) atoms. The number of fused-ring (bicyclic) bond motifs is 3. The van der Waals surface area contributed by atoms with Crippen LogP contribution in [0.15, 0.2) is 59.8 Å². The smallest absolute Gasteiger partial charge is 1.00 e. The summed E-state index contributed by atoms with van der Waals surface area (Å²) in [6.45, 7) is 7.47. The van der Waals surface area contributed by atoms with E-state index in [1.807, 2.05) is 5.20 Å². The summed E-state index contributed by atoms with van der Waals surface area (Å²) in [5, 5.41) is 3.67. The third-order valence-corrected chi connectivity index (χ3v) is 11.2. The second kappa shape index (κ2) is 11.4. The molecule has 0 saturated heterocycles. The van der Waals surface area contributed by atoms with E-state index in [9.17, 15) is 0 Å². The standard InChI is InChI=1S/C28H33Si.2ClH.Zr/c1-4-20(10-9-12-22-18-17-21-11-5-6-13-23(21)22)16-19-26-24-14-7-8-15-25(24)27-28(26)29(27,2)3;;;/h5-8,11,13-15,17-18,22,26H,4,9-10,12,16,19H2,1-3H3;2*1H;/q-1;;;+3/p-2. The summed E-state index contributed by atoms with van der Waals surface area (Å²) in [7, 11) is -1.16. The molecule has 5 rings (SSSR count). The second-order valence-electron chi connectivity index (χ2n) is 9.68. The summed E-state index contributed by atoms with van der Waals surface area (Å²) in [6, 6.07) is 18.1. The zero-order valence-corrected chi connectivity index (χ0v) is 24.4. The Morgan fingerprint density at radius 2 is 1.56 bits per heavy atom. The molecule has 0 saturated carbocycles. The molecule has 2 atom stereocenters. The number of rotatable bonds is 8. The molecule has 1 aliphatic heterocycles. The predicted molar refractivity (Wildman–Crippen MR) is 128 cm³/mol. The minimum atomic E-state index is -1.16. The van der Waals surface area contributed by atoms with Crippen molar-refractivity contribution in [3.8, 4) is 0 Å². The van der Waals surface area contributed by atoms with Crippen LogP contribution in [0.3, 0.4) is 0 Å². The average Bonchev–Trinajstić information content (AvgIpc) is 3.05. The van der Waals surface area contributed by atoms with Gasteiger partial charge >= 0.3 is 26.2 Å². The van der Waals surface area contributed by atoms with Crippen LogP contribution >= 0.6 is 0 Å². The van der Waals surface area contributed by atoms with Gasteiger partial charge in [-0.15, -0.1) is 0 Å². The second-order valence-corrected chi connectivity index (χ2v) is 14.0. The van der Waals surface area contributed by atoms with Crippen LogP contribution in [-0.4, -0.2) is 8.07 Å². The van der Waals surface area contributed by atoms with Gasteiger partial charge in [0.05, 0.1) is 0 Å². The summed E-state index contributed by atoms with van der Waals surface area (Å²) < 4.78 is 0. The van der Waals surface area contributed by atoms with E-state index in [1.165, 1.54) is 49.7 Å². The number of allylic oxidation sites excluding steroid dienone is 2. The minimum Gasteiger partial charge on any atom is -1.00 e. The average molecular weight is 560 g/mol. The van der Waals surface area contributed by atoms with E-state index in [0.717, 1.165) is 5.92 Å². The van der Waals surface area contributed by atoms with E-state index >= 15 is 0 Å². The molecular weight excluding hydrogens is 527 g/mol. The summed E-state index contributed by atoms with van der Waals surface area (Å²) in [6.07, 6.45) is 12.5. The molecule has 0 N–H and O–H groups in total. The SMILES string of the molecule is CC[C-](CCCC1C=Cc2ccccc21)CCC1C2=C(c3ccccc31)[Si]2(C)C.[Cl-].[Cl-].[Zr+3]. The van der Waals surface area contributed by atoms with Crippen LogP contribution in [0.5, 0.6) is 0 Å². The normalized spacial score (nSPS) is 20.6. The Bertz CT molecular complexity index is 994. The first-order valence-corrected chi connectivity index (χ1v) is 14.6. The maximum absolute atomic E-state index is 2.55. The van der Waals surface area contributed by atoms with Gasteiger partial charge in [0.2, 0.25) is 0 Å². The first kappa shape index (κ1) is 27.8. The van der Waals surface area contributed by atoms with Crippen LogP contribution in [0.1, 0.15) is 79.5 Å². The van der Waals surface area contributed by atoms with E-state index in [2.05, 4.69) is 80.7 Å². The molecule has 2 unspecified atom stereocenters. The first-order chi connectivity index (χ1) is 14.1. The summed E-state index contributed by atoms with van der Waals surface area (Å²) >= 11 is 0. The van der Waals surface area contributed by atoms with Crippen molar-refractivity contribution in [2.24, 2.45) is 0 Å². The molecule has 2 aromatic rings. The fourth-order valence-corrected chi connectivity index (χ4v) is 10.2. The zero-order chi connectivity index (χ0) is 20.0. The Balaban J connectivity index is 0.00000121. The number of hydrogen-bond acceptors (Lipinski definition) is 0. The maximum atomic E-state index is 2.55. The molecule has 0 nitrogen and oxygen atoms in total. The molecule has 2 aromatic carbocycles. The van der Waals surface area contributed by atoms with Gasteiger partial charge in [0.15, 0.2) is 0 Å². The zero-order valence-electron chi connectivity index (χ0n) is 19.4. The van der Waals surface area contributed by atoms with Crippen molar-refractivity contribution in [1.82, 2.24) is 0 Å². The van der Waals surface area contributed by atoms with Crippen molar-refractivity contribution in [2.45, 2.75) is 70.4 Å². The molecule has 1 radical (unpaired) electrons. The van der Waals surface area contributed by atoms with Crippen molar-refractivity contribution in [3.05, 3.63) is 88.0 Å². The molecule has 0 aromatic heterocycles. The van der Waals surface area contributed by atoms with Crippen LogP contribution in [0.2, 0.25) is 13.1 Å². The van der Waals surface area contributed by atoms with E-state index in [1.54, 1.807) is 22.2 Å². The van der Waals surface area contributed by atoms with Crippen LogP contribution in [-0.2, 0) is 26.2 Å². The minimum absolute atomic E-state index is 0. The van der Waals surface area contributed by atoms with Crippen molar-refractivity contribution >= 4 is 19.3 Å². The third kappa shape index (κ3) is 5.00. The molecule has 0 bridgehead atoms. The number of halogens is 2. The molecule has 4 heteroatoms. The maximum Gasteiger partial charge on any atom is 3.00 e. The molecule has 1 heterocycles. The van der Waals surface area contributed by atoms with E-state index in [-0.39, 0.29) is 51.0 Å². The summed E-state index contributed by atoms with van der Waals surface area (Å²) in [5.41, 5.74) is 6.20. The monoisotopic (exact) mass is 557 g/mol. The Kier molecular flexibility index (Phi) is 9.88. The summed E-state index contributed by atoms with van der Waals surface area (Å²) in [5.74, 6) is 3.15. The molecule has 0 amide bonds. The van der Waals surface area contributed by atoms with Gasteiger partial charge in [-0.25, -0.2) is 0 Å². The van der Waals surface area contributed by atoms with Gasteiger partial charge in [-0.3, -0.25) is 0 Å². The van der Waals surface area contributed by atoms with E-state index in [4.69, 9.17) is 0 Å². The molecule has 3 aliphatic rings. The van der Waals surface area contributed by atoms with Gasteiger partial charge in [0, 0.05) is 11.8 Å². The molecule has 0 spiro atoms. The van der Waals surface area contributed by atoms with Gasteiger partial charge in [-0.05, 0) is 28.7 Å². The first-order valence-electron chi connectivity index (χ1n) is 11.6. The van der Waals surface area contributed by atoms with Gasteiger partial charge in [0.1, 0.15) is 8.07 Å².